The lowest BCUT2D eigenvalue weighted by atomic mass is 10.1. The van der Waals surface area contributed by atoms with Crippen LogP contribution in [0.2, 0.25) is 0 Å². The number of hydrogen-bond donors (Lipinski definition) is 4. The van der Waals surface area contributed by atoms with Crippen molar-refractivity contribution in [2.24, 2.45) is 0 Å². The van der Waals surface area contributed by atoms with Gasteiger partial charge in [-0.2, -0.15) is 4.39 Å². The number of anilines is 1. The molecule has 6 heteroatoms. The van der Waals surface area contributed by atoms with E-state index in [2.05, 4.69) is 10.3 Å². The predicted octanol–water partition coefficient (Wildman–Crippen LogP) is 1.95. The van der Waals surface area contributed by atoms with Crippen LogP contribution in [0.1, 0.15) is 5.56 Å². The monoisotopic (exact) mass is 250 g/mol. The van der Waals surface area contributed by atoms with E-state index >= 15 is 0 Å². The van der Waals surface area contributed by atoms with E-state index in [-0.39, 0.29) is 12.3 Å². The normalized spacial score (nSPS) is 10.3. The van der Waals surface area contributed by atoms with Crippen molar-refractivity contribution in [2.45, 2.75) is 6.54 Å². The number of benzene rings is 1. The lowest BCUT2D eigenvalue weighted by molar-refractivity contribution is 0.365. The number of aromatic nitrogens is 1. The van der Waals surface area contributed by atoms with Crippen molar-refractivity contribution in [3.05, 3.63) is 42.0 Å². The molecule has 0 amide bonds. The maximum atomic E-state index is 12.6. The number of nitrogens with zero attached hydrogens (tertiary/aromatic N) is 1. The molecule has 0 aliphatic carbocycles. The highest BCUT2D eigenvalue weighted by molar-refractivity contribution is 5.54. The molecule has 0 radical (unpaired) electrons. The van der Waals surface area contributed by atoms with Crippen LogP contribution in [0.15, 0.2) is 30.5 Å². The average molecular weight is 250 g/mol. The number of aromatic hydroxyl groups is 3. The molecule has 0 aliphatic heterocycles. The number of pyridine rings is 1. The first-order valence-electron chi connectivity index (χ1n) is 5.16. The highest BCUT2D eigenvalue weighted by Crippen LogP contribution is 2.37. The van der Waals surface area contributed by atoms with Gasteiger partial charge in [0.2, 0.25) is 11.7 Å². The summed E-state index contributed by atoms with van der Waals surface area (Å²) in [6, 6.07) is 5.44. The van der Waals surface area contributed by atoms with Crippen molar-refractivity contribution < 1.29 is 19.7 Å². The Labute approximate surface area is 102 Å². The number of phenols is 3. The Bertz CT molecular complexity index is 558. The third-order valence-corrected chi connectivity index (χ3v) is 2.42. The molecule has 0 spiro atoms. The molecule has 0 saturated heterocycles. The van der Waals surface area contributed by atoms with Crippen molar-refractivity contribution in [2.75, 3.05) is 5.32 Å². The van der Waals surface area contributed by atoms with Crippen LogP contribution in [0.25, 0.3) is 0 Å². The molecule has 5 nitrogen and oxygen atoms in total. The summed E-state index contributed by atoms with van der Waals surface area (Å²) < 4.78 is 12.6. The van der Waals surface area contributed by atoms with Crippen LogP contribution in [0.4, 0.5) is 10.1 Å². The number of rotatable bonds is 3. The smallest absolute Gasteiger partial charge is 0.212 e. The van der Waals surface area contributed by atoms with E-state index in [1.54, 1.807) is 0 Å². The fourth-order valence-electron chi connectivity index (χ4n) is 1.43. The molecule has 0 bridgehead atoms. The largest absolute Gasteiger partial charge is 0.504 e. The molecule has 1 aromatic carbocycles. The first kappa shape index (κ1) is 12.0. The SMILES string of the molecule is Oc1ccc(CNc2ccc(F)nc2)c(O)c1O. The summed E-state index contributed by atoms with van der Waals surface area (Å²) in [5, 5.41) is 31.0. The van der Waals surface area contributed by atoms with Gasteiger partial charge < -0.3 is 20.6 Å². The van der Waals surface area contributed by atoms with Crippen LogP contribution in [0.5, 0.6) is 17.2 Å². The number of hydrogen-bond acceptors (Lipinski definition) is 5. The zero-order valence-corrected chi connectivity index (χ0v) is 9.26. The molecule has 0 aliphatic rings. The van der Waals surface area contributed by atoms with Crippen molar-refractivity contribution in [3.63, 3.8) is 0 Å². The van der Waals surface area contributed by atoms with Gasteiger partial charge in [-0.15, -0.1) is 0 Å². The lowest BCUT2D eigenvalue weighted by Crippen LogP contribution is -2.00. The quantitative estimate of drug-likeness (QED) is 0.494. The molecular weight excluding hydrogens is 239 g/mol. The van der Waals surface area contributed by atoms with Gasteiger partial charge in [-0.1, -0.05) is 0 Å². The van der Waals surface area contributed by atoms with Gasteiger partial charge in [-0.05, 0) is 24.3 Å². The lowest BCUT2D eigenvalue weighted by Gasteiger charge is -2.09. The van der Waals surface area contributed by atoms with E-state index in [4.69, 9.17) is 5.11 Å². The van der Waals surface area contributed by atoms with Crippen LogP contribution in [0.3, 0.4) is 0 Å². The average Bonchev–Trinajstić information content (AvgIpc) is 2.37. The van der Waals surface area contributed by atoms with Crippen LogP contribution in [-0.4, -0.2) is 20.3 Å². The van der Waals surface area contributed by atoms with Gasteiger partial charge >= 0.3 is 0 Å². The topological polar surface area (TPSA) is 85.6 Å². The van der Waals surface area contributed by atoms with Crippen molar-refractivity contribution >= 4 is 5.69 Å². The third-order valence-electron chi connectivity index (χ3n) is 2.42. The molecule has 4 N–H and O–H groups in total. The Kier molecular flexibility index (Phi) is 3.18. The van der Waals surface area contributed by atoms with E-state index in [0.717, 1.165) is 0 Å². The van der Waals surface area contributed by atoms with Crippen LogP contribution in [0, 0.1) is 5.95 Å². The summed E-state index contributed by atoms with van der Waals surface area (Å²) in [4.78, 5) is 3.46. The predicted molar refractivity (Wildman–Crippen MR) is 63.0 cm³/mol. The Morgan fingerprint density at radius 3 is 2.50 bits per heavy atom. The molecule has 0 saturated carbocycles. The molecule has 1 heterocycles. The Hall–Kier alpha value is -2.50. The molecule has 0 fully saturated rings. The molecule has 18 heavy (non-hydrogen) atoms. The Morgan fingerprint density at radius 2 is 1.83 bits per heavy atom. The summed E-state index contributed by atoms with van der Waals surface area (Å²) in [5.41, 5.74) is 0.970. The van der Waals surface area contributed by atoms with Crippen molar-refractivity contribution in [1.82, 2.24) is 4.98 Å². The minimum atomic E-state index is -0.578. The van der Waals surface area contributed by atoms with Crippen LogP contribution >= 0.6 is 0 Å². The summed E-state index contributed by atoms with van der Waals surface area (Å²) in [6.45, 7) is 0.201. The van der Waals surface area contributed by atoms with E-state index in [0.29, 0.717) is 11.3 Å². The highest BCUT2D eigenvalue weighted by atomic mass is 19.1. The van der Waals surface area contributed by atoms with Crippen molar-refractivity contribution in [3.8, 4) is 17.2 Å². The zero-order valence-electron chi connectivity index (χ0n) is 9.26. The molecule has 0 unspecified atom stereocenters. The molecule has 0 atom stereocenters. The van der Waals surface area contributed by atoms with Crippen LogP contribution < -0.4 is 5.32 Å². The second kappa shape index (κ2) is 4.79. The second-order valence-corrected chi connectivity index (χ2v) is 3.66. The maximum Gasteiger partial charge on any atom is 0.212 e. The molecule has 2 rings (SSSR count). The van der Waals surface area contributed by atoms with Gasteiger partial charge in [0.15, 0.2) is 11.5 Å². The minimum Gasteiger partial charge on any atom is -0.504 e. The first-order chi connectivity index (χ1) is 8.58. The van der Waals surface area contributed by atoms with Crippen molar-refractivity contribution in [1.29, 1.82) is 0 Å². The standard InChI is InChI=1S/C12H11FN2O3/c13-10-4-2-8(6-15-10)14-5-7-1-3-9(16)12(18)11(7)17/h1-4,6,14,16-18H,5H2. The van der Waals surface area contributed by atoms with Crippen LogP contribution in [-0.2, 0) is 6.54 Å². The zero-order chi connectivity index (χ0) is 13.1. The minimum absolute atomic E-state index is 0.201. The van der Waals surface area contributed by atoms with E-state index in [1.807, 2.05) is 0 Å². The second-order valence-electron chi connectivity index (χ2n) is 3.66. The summed E-state index contributed by atoms with van der Waals surface area (Å²) >= 11 is 0. The van der Waals surface area contributed by atoms with Gasteiger partial charge in [-0.3, -0.25) is 0 Å². The first-order valence-corrected chi connectivity index (χ1v) is 5.16. The molecular formula is C12H11FN2O3. The summed E-state index contributed by atoms with van der Waals surface area (Å²) in [7, 11) is 0. The van der Waals surface area contributed by atoms with E-state index in [9.17, 15) is 14.6 Å². The molecule has 94 valence electrons. The van der Waals surface area contributed by atoms with Gasteiger partial charge in [-0.25, -0.2) is 4.98 Å². The summed E-state index contributed by atoms with van der Waals surface area (Å²) in [5.74, 6) is -1.92. The van der Waals surface area contributed by atoms with Gasteiger partial charge in [0, 0.05) is 12.1 Å². The van der Waals surface area contributed by atoms with E-state index < -0.39 is 17.4 Å². The molecule has 2 aromatic rings. The van der Waals surface area contributed by atoms with Gasteiger partial charge in [0.25, 0.3) is 0 Å². The fraction of sp³-hybridized carbons (Fsp3) is 0.0833. The van der Waals surface area contributed by atoms with E-state index in [1.165, 1.54) is 30.5 Å². The third kappa shape index (κ3) is 2.42. The Balaban J connectivity index is 2.11. The van der Waals surface area contributed by atoms with Gasteiger partial charge in [0.05, 0.1) is 11.9 Å². The number of halogens is 1. The Morgan fingerprint density at radius 1 is 1.06 bits per heavy atom. The van der Waals surface area contributed by atoms with Gasteiger partial charge in [0.1, 0.15) is 0 Å². The number of phenolic OH excluding ortho intramolecular Hbond substituents is 3. The maximum absolute atomic E-state index is 12.6. The number of nitrogens with one attached hydrogen (secondary N) is 1. The summed E-state index contributed by atoms with van der Waals surface area (Å²) in [6.07, 6.45) is 1.31. The molecule has 1 aromatic heterocycles. The highest BCUT2D eigenvalue weighted by Gasteiger charge is 2.10. The fourth-order valence-corrected chi connectivity index (χ4v) is 1.43.